The van der Waals surface area contributed by atoms with Crippen LogP contribution in [0.5, 0.6) is 0 Å². The third-order valence-electron chi connectivity index (χ3n) is 6.43. The van der Waals surface area contributed by atoms with Crippen LogP contribution in [0.1, 0.15) is 41.4 Å². The van der Waals surface area contributed by atoms with Crippen molar-refractivity contribution in [3.63, 3.8) is 0 Å². The Kier molecular flexibility index (Phi) is 5.77. The average Bonchev–Trinajstić information content (AvgIpc) is 3.21. The molecule has 0 radical (unpaired) electrons. The number of hydrogen-bond donors (Lipinski definition) is 0. The molecule has 1 unspecified atom stereocenters. The number of benzene rings is 1. The fraction of sp³-hybridized carbons (Fsp3) is 0.333. The average molecular weight is 426 g/mol. The van der Waals surface area contributed by atoms with Crippen molar-refractivity contribution in [3.8, 4) is 11.3 Å². The molecule has 5 heteroatoms. The van der Waals surface area contributed by atoms with Crippen molar-refractivity contribution in [1.82, 2.24) is 24.2 Å². The molecule has 5 rings (SSSR count). The first-order chi connectivity index (χ1) is 15.6. The summed E-state index contributed by atoms with van der Waals surface area (Å²) in [6, 6.07) is 19.7. The molecule has 0 saturated heterocycles. The monoisotopic (exact) mass is 425 g/mol. The van der Waals surface area contributed by atoms with Crippen LogP contribution >= 0.6 is 0 Å². The van der Waals surface area contributed by atoms with Gasteiger partial charge in [-0.15, -0.1) is 0 Å². The zero-order chi connectivity index (χ0) is 22.1. The van der Waals surface area contributed by atoms with Crippen LogP contribution in [0, 0.1) is 0 Å². The summed E-state index contributed by atoms with van der Waals surface area (Å²) in [4.78, 5) is 14.3. The first-order valence-corrected chi connectivity index (χ1v) is 11.4. The van der Waals surface area contributed by atoms with Gasteiger partial charge in [-0.05, 0) is 69.7 Å². The highest BCUT2D eigenvalue weighted by molar-refractivity contribution is 5.67. The molecule has 0 bridgehead atoms. The first-order valence-electron chi connectivity index (χ1n) is 11.4. The Morgan fingerprint density at radius 1 is 0.969 bits per heavy atom. The maximum absolute atomic E-state index is 4.97. The third kappa shape index (κ3) is 4.06. The van der Waals surface area contributed by atoms with Gasteiger partial charge in [0.05, 0.1) is 23.1 Å². The molecule has 5 nitrogen and oxygen atoms in total. The number of imidazole rings is 1. The lowest BCUT2D eigenvalue weighted by molar-refractivity contribution is 0.206. The van der Waals surface area contributed by atoms with E-state index in [2.05, 4.69) is 96.1 Å². The van der Waals surface area contributed by atoms with E-state index in [9.17, 15) is 0 Å². The van der Waals surface area contributed by atoms with Crippen molar-refractivity contribution in [2.45, 2.75) is 38.4 Å². The van der Waals surface area contributed by atoms with Crippen LogP contribution in [0.15, 0.2) is 67.0 Å². The Bertz CT molecular complexity index is 1230. The maximum Gasteiger partial charge on any atom is 0.137 e. The minimum absolute atomic E-state index is 0.352. The molecule has 0 spiro atoms. The highest BCUT2D eigenvalue weighted by Gasteiger charge is 2.25. The van der Waals surface area contributed by atoms with E-state index >= 15 is 0 Å². The molecule has 0 aliphatic heterocycles. The number of hydrogen-bond acceptors (Lipinski definition) is 4. The molecule has 0 N–H and O–H groups in total. The smallest absolute Gasteiger partial charge is 0.137 e. The van der Waals surface area contributed by atoms with Crippen LogP contribution in [0.2, 0.25) is 0 Å². The molecular formula is C27H31N5. The Morgan fingerprint density at radius 3 is 2.72 bits per heavy atom. The number of rotatable bonds is 6. The number of pyridine rings is 2. The van der Waals surface area contributed by atoms with Gasteiger partial charge in [-0.1, -0.05) is 36.4 Å². The van der Waals surface area contributed by atoms with Crippen LogP contribution in [-0.4, -0.2) is 45.3 Å². The molecular weight excluding hydrogens is 394 g/mol. The lowest BCUT2D eigenvalue weighted by atomic mass is 9.91. The van der Waals surface area contributed by atoms with Crippen molar-refractivity contribution < 1.29 is 0 Å². The Morgan fingerprint density at radius 2 is 1.84 bits per heavy atom. The predicted octanol–water partition coefficient (Wildman–Crippen LogP) is 4.97. The summed E-state index contributed by atoms with van der Waals surface area (Å²) in [5.74, 6) is 0. The SMILES string of the molecule is CN(C)Cc1ccccc1-c1cccc2nc(CN(C)C3CCCc4cccnc43)cn12. The van der Waals surface area contributed by atoms with Gasteiger partial charge in [0.1, 0.15) is 5.65 Å². The van der Waals surface area contributed by atoms with E-state index in [4.69, 9.17) is 9.97 Å². The number of nitrogens with zero attached hydrogens (tertiary/aromatic N) is 5. The van der Waals surface area contributed by atoms with Gasteiger partial charge in [-0.25, -0.2) is 4.98 Å². The van der Waals surface area contributed by atoms with Gasteiger partial charge in [-0.2, -0.15) is 0 Å². The van der Waals surface area contributed by atoms with Gasteiger partial charge in [0.15, 0.2) is 0 Å². The number of aryl methyl sites for hydroxylation is 1. The molecule has 1 aliphatic rings. The van der Waals surface area contributed by atoms with Gasteiger partial charge in [0.25, 0.3) is 0 Å². The largest absolute Gasteiger partial charge is 0.305 e. The molecule has 0 fully saturated rings. The molecule has 1 aromatic carbocycles. The summed E-state index contributed by atoms with van der Waals surface area (Å²) < 4.78 is 2.24. The van der Waals surface area contributed by atoms with Gasteiger partial charge in [-0.3, -0.25) is 14.3 Å². The zero-order valence-electron chi connectivity index (χ0n) is 19.2. The first kappa shape index (κ1) is 20.9. The van der Waals surface area contributed by atoms with Gasteiger partial charge < -0.3 is 4.90 Å². The Hall–Kier alpha value is -3.02. The van der Waals surface area contributed by atoms with E-state index in [1.165, 1.54) is 34.5 Å². The summed E-state index contributed by atoms with van der Waals surface area (Å²) in [6.07, 6.45) is 7.63. The summed E-state index contributed by atoms with van der Waals surface area (Å²) in [5, 5.41) is 0. The highest BCUT2D eigenvalue weighted by atomic mass is 15.2. The second-order valence-electron chi connectivity index (χ2n) is 9.14. The van der Waals surface area contributed by atoms with E-state index in [0.717, 1.165) is 37.3 Å². The quantitative estimate of drug-likeness (QED) is 0.437. The van der Waals surface area contributed by atoms with E-state index < -0.39 is 0 Å². The molecule has 1 aliphatic carbocycles. The van der Waals surface area contributed by atoms with Crippen molar-refractivity contribution in [2.24, 2.45) is 0 Å². The van der Waals surface area contributed by atoms with Crippen molar-refractivity contribution in [1.29, 1.82) is 0 Å². The molecule has 32 heavy (non-hydrogen) atoms. The summed E-state index contributed by atoms with van der Waals surface area (Å²) in [5.41, 5.74) is 8.48. The molecule has 1 atom stereocenters. The molecule has 0 amide bonds. The van der Waals surface area contributed by atoms with Crippen molar-refractivity contribution >= 4 is 5.65 Å². The third-order valence-corrected chi connectivity index (χ3v) is 6.43. The summed E-state index contributed by atoms with van der Waals surface area (Å²) in [7, 11) is 6.42. The minimum atomic E-state index is 0.352. The van der Waals surface area contributed by atoms with Crippen molar-refractivity contribution in [3.05, 3.63) is 89.5 Å². The van der Waals surface area contributed by atoms with Gasteiger partial charge in [0.2, 0.25) is 0 Å². The van der Waals surface area contributed by atoms with Crippen LogP contribution in [0.4, 0.5) is 0 Å². The van der Waals surface area contributed by atoms with Gasteiger partial charge in [0, 0.05) is 31.0 Å². The number of fused-ring (bicyclic) bond motifs is 2. The number of aromatic nitrogens is 3. The van der Waals surface area contributed by atoms with Crippen LogP contribution in [0.25, 0.3) is 16.9 Å². The minimum Gasteiger partial charge on any atom is -0.305 e. The maximum atomic E-state index is 4.97. The van der Waals surface area contributed by atoms with Gasteiger partial charge >= 0.3 is 0 Å². The van der Waals surface area contributed by atoms with E-state index in [-0.39, 0.29) is 0 Å². The Labute approximate surface area is 190 Å². The molecule has 4 aromatic rings. The molecule has 0 saturated carbocycles. The predicted molar refractivity (Wildman–Crippen MR) is 129 cm³/mol. The zero-order valence-corrected chi connectivity index (χ0v) is 19.2. The van der Waals surface area contributed by atoms with Crippen molar-refractivity contribution in [2.75, 3.05) is 21.1 Å². The fourth-order valence-electron chi connectivity index (χ4n) is 4.99. The second kappa shape index (κ2) is 8.85. The molecule has 164 valence electrons. The standard InChI is InChI=1S/C27H31N5/c1-30(2)17-21-9-4-5-12-23(21)24-13-7-15-26-29-22(19-32(24)26)18-31(3)25-14-6-10-20-11-8-16-28-27(20)25/h4-5,7-9,11-13,15-16,19,25H,6,10,14,17-18H2,1-3H3. The van der Waals surface area contributed by atoms with Crippen LogP contribution in [0.3, 0.4) is 0 Å². The summed E-state index contributed by atoms with van der Waals surface area (Å²) in [6.45, 7) is 1.71. The summed E-state index contributed by atoms with van der Waals surface area (Å²) >= 11 is 0. The van der Waals surface area contributed by atoms with E-state index in [1.807, 2.05) is 6.20 Å². The Balaban J connectivity index is 1.46. The normalized spacial score (nSPS) is 16.1. The molecule has 3 heterocycles. The fourth-order valence-corrected chi connectivity index (χ4v) is 4.99. The second-order valence-corrected chi connectivity index (χ2v) is 9.14. The molecule has 3 aromatic heterocycles. The lowest BCUT2D eigenvalue weighted by Crippen LogP contribution is -2.28. The van der Waals surface area contributed by atoms with E-state index in [0.29, 0.717) is 6.04 Å². The highest BCUT2D eigenvalue weighted by Crippen LogP contribution is 2.33. The van der Waals surface area contributed by atoms with E-state index in [1.54, 1.807) is 0 Å². The topological polar surface area (TPSA) is 36.7 Å². The van der Waals surface area contributed by atoms with Crippen LogP contribution < -0.4 is 0 Å². The lowest BCUT2D eigenvalue weighted by Gasteiger charge is -2.31. The van der Waals surface area contributed by atoms with Crippen LogP contribution in [-0.2, 0) is 19.5 Å².